The molecular formula is C19H15N3O3S2. The molecule has 4 rings (SSSR count). The molecule has 0 radical (unpaired) electrons. The van der Waals surface area contributed by atoms with Crippen LogP contribution in [0.1, 0.15) is 23.6 Å². The molecule has 8 heteroatoms. The Morgan fingerprint density at radius 2 is 2.00 bits per heavy atom. The molecule has 0 aliphatic heterocycles. The van der Waals surface area contributed by atoms with Crippen LogP contribution in [0.4, 0.5) is 0 Å². The van der Waals surface area contributed by atoms with Crippen molar-refractivity contribution < 1.29 is 9.53 Å². The zero-order valence-corrected chi connectivity index (χ0v) is 16.5. The van der Waals surface area contributed by atoms with Gasteiger partial charge in [-0.1, -0.05) is 17.4 Å². The Balaban J connectivity index is 1.77. The fourth-order valence-corrected chi connectivity index (χ4v) is 4.43. The van der Waals surface area contributed by atoms with Crippen LogP contribution in [0.25, 0.3) is 21.7 Å². The number of carbonyl (C=O) groups is 1. The molecule has 0 fully saturated rings. The highest BCUT2D eigenvalue weighted by atomic mass is 32.1. The van der Waals surface area contributed by atoms with E-state index in [-0.39, 0.29) is 11.5 Å². The van der Waals surface area contributed by atoms with Gasteiger partial charge < -0.3 is 4.74 Å². The normalized spacial score (nSPS) is 12.0. The standard InChI is InChI=1S/C19H15N3O3S2/c1-10-7-13(8-11(2)16(10)25-12(3)23)9-15-18(24)22-19(27-15)20-17(21-22)14-5-4-6-26-14/h4-9H,1-3H3/b15-9-. The van der Waals surface area contributed by atoms with Gasteiger partial charge in [0.2, 0.25) is 4.96 Å². The molecule has 0 unspecified atom stereocenters. The molecule has 3 heterocycles. The molecule has 1 aromatic carbocycles. The molecule has 0 aliphatic carbocycles. The summed E-state index contributed by atoms with van der Waals surface area (Å²) in [5.41, 5.74) is 2.34. The maximum Gasteiger partial charge on any atom is 0.308 e. The third-order valence-corrected chi connectivity index (χ3v) is 5.77. The molecule has 0 saturated carbocycles. The second-order valence-corrected chi connectivity index (χ2v) is 8.06. The molecule has 0 bridgehead atoms. The Hall–Kier alpha value is -2.84. The number of ether oxygens (including phenoxy) is 1. The highest BCUT2D eigenvalue weighted by molar-refractivity contribution is 7.15. The summed E-state index contributed by atoms with van der Waals surface area (Å²) in [6.07, 6.45) is 1.81. The van der Waals surface area contributed by atoms with Gasteiger partial charge in [-0.25, -0.2) is 0 Å². The number of nitrogens with zero attached hydrogens (tertiary/aromatic N) is 3. The van der Waals surface area contributed by atoms with Gasteiger partial charge in [0.05, 0.1) is 9.41 Å². The molecule has 0 amide bonds. The maximum atomic E-state index is 12.7. The number of aromatic nitrogens is 3. The van der Waals surface area contributed by atoms with Crippen molar-refractivity contribution in [1.82, 2.24) is 14.6 Å². The molecule has 0 spiro atoms. The molecule has 0 N–H and O–H groups in total. The monoisotopic (exact) mass is 397 g/mol. The summed E-state index contributed by atoms with van der Waals surface area (Å²) < 4.78 is 7.16. The predicted octanol–water partition coefficient (Wildman–Crippen LogP) is 2.97. The van der Waals surface area contributed by atoms with Gasteiger partial charge in [-0.2, -0.15) is 9.50 Å². The minimum atomic E-state index is -0.355. The first-order chi connectivity index (χ1) is 12.9. The van der Waals surface area contributed by atoms with Crippen LogP contribution in [0.15, 0.2) is 34.4 Å². The zero-order chi connectivity index (χ0) is 19.1. The quantitative estimate of drug-likeness (QED) is 0.393. The van der Waals surface area contributed by atoms with Crippen molar-refractivity contribution >= 4 is 39.7 Å². The lowest BCUT2D eigenvalue weighted by atomic mass is 10.1. The van der Waals surface area contributed by atoms with Gasteiger partial charge in [-0.15, -0.1) is 16.4 Å². The average Bonchev–Trinajstić information content (AvgIpc) is 3.30. The number of carbonyl (C=O) groups excluding carboxylic acids is 1. The Labute approximate surface area is 162 Å². The Morgan fingerprint density at radius 3 is 2.59 bits per heavy atom. The van der Waals surface area contributed by atoms with Crippen LogP contribution in [-0.4, -0.2) is 20.6 Å². The van der Waals surface area contributed by atoms with E-state index in [1.54, 1.807) is 0 Å². The van der Waals surface area contributed by atoms with Crippen LogP contribution < -0.4 is 14.8 Å². The summed E-state index contributed by atoms with van der Waals surface area (Å²) in [4.78, 5) is 29.9. The van der Waals surface area contributed by atoms with Crippen LogP contribution >= 0.6 is 22.7 Å². The minimum absolute atomic E-state index is 0.190. The van der Waals surface area contributed by atoms with E-state index in [0.717, 1.165) is 21.6 Å². The van der Waals surface area contributed by atoms with Gasteiger partial charge in [0.25, 0.3) is 5.56 Å². The van der Waals surface area contributed by atoms with E-state index in [4.69, 9.17) is 4.74 Å². The summed E-state index contributed by atoms with van der Waals surface area (Å²) in [7, 11) is 0. The second-order valence-electron chi connectivity index (χ2n) is 6.10. The molecule has 6 nitrogen and oxygen atoms in total. The zero-order valence-electron chi connectivity index (χ0n) is 14.8. The summed E-state index contributed by atoms with van der Waals surface area (Å²) in [5.74, 6) is 0.773. The first kappa shape index (κ1) is 17.6. The van der Waals surface area contributed by atoms with Crippen LogP contribution in [-0.2, 0) is 4.79 Å². The van der Waals surface area contributed by atoms with Crippen molar-refractivity contribution in [2.75, 3.05) is 0 Å². The second kappa shape index (κ2) is 6.71. The third-order valence-electron chi connectivity index (χ3n) is 3.95. The number of esters is 1. The molecule has 0 saturated heterocycles. The summed E-state index contributed by atoms with van der Waals surface area (Å²) in [6.45, 7) is 5.12. The molecule has 136 valence electrons. The fourth-order valence-electron chi connectivity index (χ4n) is 2.87. The van der Waals surface area contributed by atoms with Crippen LogP contribution in [0.5, 0.6) is 5.75 Å². The van der Waals surface area contributed by atoms with Crippen molar-refractivity contribution in [3.05, 3.63) is 61.2 Å². The number of rotatable bonds is 3. The summed E-state index contributed by atoms with van der Waals surface area (Å²) in [5, 5.41) is 6.29. The van der Waals surface area contributed by atoms with Crippen molar-refractivity contribution in [2.24, 2.45) is 0 Å². The van der Waals surface area contributed by atoms with Gasteiger partial charge in [-0.3, -0.25) is 9.59 Å². The van der Waals surface area contributed by atoms with E-state index in [9.17, 15) is 9.59 Å². The lowest BCUT2D eigenvalue weighted by Gasteiger charge is -2.10. The first-order valence-electron chi connectivity index (χ1n) is 8.17. The number of aryl methyl sites for hydroxylation is 2. The average molecular weight is 397 g/mol. The van der Waals surface area contributed by atoms with Gasteiger partial charge in [0, 0.05) is 6.92 Å². The SMILES string of the molecule is CC(=O)Oc1c(C)cc(/C=c2\sc3nc(-c4cccs4)nn3c2=O)cc1C. The lowest BCUT2D eigenvalue weighted by Crippen LogP contribution is -2.23. The number of thiophene rings is 1. The van der Waals surface area contributed by atoms with Gasteiger partial charge >= 0.3 is 5.97 Å². The van der Waals surface area contributed by atoms with Crippen LogP contribution in [0.3, 0.4) is 0 Å². The highest BCUT2D eigenvalue weighted by Crippen LogP contribution is 2.25. The molecule has 0 atom stereocenters. The largest absolute Gasteiger partial charge is 0.426 e. The van der Waals surface area contributed by atoms with E-state index in [0.29, 0.717) is 21.1 Å². The van der Waals surface area contributed by atoms with E-state index in [1.165, 1.54) is 34.1 Å². The van der Waals surface area contributed by atoms with Crippen molar-refractivity contribution in [1.29, 1.82) is 0 Å². The summed E-state index contributed by atoms with van der Waals surface area (Å²) in [6, 6.07) is 7.63. The molecular weight excluding hydrogens is 382 g/mol. The third kappa shape index (κ3) is 3.29. The topological polar surface area (TPSA) is 73.6 Å². The predicted molar refractivity (Wildman–Crippen MR) is 106 cm³/mol. The fraction of sp³-hybridized carbons (Fsp3) is 0.158. The number of thiazole rings is 1. The van der Waals surface area contributed by atoms with E-state index < -0.39 is 0 Å². The smallest absolute Gasteiger partial charge is 0.308 e. The molecule has 4 aromatic rings. The molecule has 3 aromatic heterocycles. The van der Waals surface area contributed by atoms with Gasteiger partial charge in [-0.05, 0) is 60.2 Å². The lowest BCUT2D eigenvalue weighted by molar-refractivity contribution is -0.131. The molecule has 0 aliphatic rings. The minimum Gasteiger partial charge on any atom is -0.426 e. The summed E-state index contributed by atoms with van der Waals surface area (Å²) >= 11 is 2.84. The van der Waals surface area contributed by atoms with E-state index in [2.05, 4.69) is 10.1 Å². The first-order valence-corrected chi connectivity index (χ1v) is 9.87. The van der Waals surface area contributed by atoms with Gasteiger partial charge in [0.15, 0.2) is 5.82 Å². The number of fused-ring (bicyclic) bond motifs is 1. The van der Waals surface area contributed by atoms with Crippen LogP contribution in [0, 0.1) is 13.8 Å². The van der Waals surface area contributed by atoms with Crippen LogP contribution in [0.2, 0.25) is 0 Å². The van der Waals surface area contributed by atoms with Gasteiger partial charge in [0.1, 0.15) is 5.75 Å². The van der Waals surface area contributed by atoms with Crippen molar-refractivity contribution in [3.8, 4) is 16.5 Å². The van der Waals surface area contributed by atoms with E-state index >= 15 is 0 Å². The number of benzene rings is 1. The Bertz CT molecular complexity index is 1250. The van der Waals surface area contributed by atoms with Crippen molar-refractivity contribution in [2.45, 2.75) is 20.8 Å². The Kier molecular flexibility index (Phi) is 4.37. The number of hydrogen-bond acceptors (Lipinski definition) is 7. The molecule has 27 heavy (non-hydrogen) atoms. The highest BCUT2D eigenvalue weighted by Gasteiger charge is 2.13. The van der Waals surface area contributed by atoms with Crippen molar-refractivity contribution in [3.63, 3.8) is 0 Å². The number of hydrogen-bond donors (Lipinski definition) is 0. The Morgan fingerprint density at radius 1 is 1.26 bits per heavy atom. The maximum absolute atomic E-state index is 12.7. The van der Waals surface area contributed by atoms with E-state index in [1.807, 2.05) is 49.6 Å².